The topological polar surface area (TPSA) is 88.4 Å². The van der Waals surface area contributed by atoms with E-state index < -0.39 is 0 Å². The maximum Gasteiger partial charge on any atom is 0.313 e. The lowest BCUT2D eigenvalue weighted by atomic mass is 10.5. The first-order valence-corrected chi connectivity index (χ1v) is 6.27. The van der Waals surface area contributed by atoms with Crippen molar-refractivity contribution in [1.29, 1.82) is 0 Å². The maximum absolute atomic E-state index is 12.5. The van der Waals surface area contributed by atoms with Gasteiger partial charge in [-0.3, -0.25) is 9.36 Å². The van der Waals surface area contributed by atoms with Gasteiger partial charge in [0.05, 0.1) is 20.3 Å². The van der Waals surface area contributed by atoms with E-state index in [9.17, 15) is 4.79 Å². The molecule has 20 heavy (non-hydrogen) atoms. The highest BCUT2D eigenvalue weighted by Gasteiger charge is 2.21. The van der Waals surface area contributed by atoms with Crippen molar-refractivity contribution >= 4 is 16.9 Å². The fourth-order valence-electron chi connectivity index (χ4n) is 2.28. The van der Waals surface area contributed by atoms with Crippen LogP contribution in [-0.4, -0.2) is 37.3 Å². The van der Waals surface area contributed by atoms with E-state index in [0.717, 1.165) is 5.69 Å². The second-order valence-electron chi connectivity index (χ2n) is 4.68. The van der Waals surface area contributed by atoms with Gasteiger partial charge in [0.1, 0.15) is 0 Å². The smallest absolute Gasteiger partial charge is 0.313 e. The molecule has 0 atom stereocenters. The summed E-state index contributed by atoms with van der Waals surface area (Å²) in [6.07, 6.45) is 3.48. The van der Waals surface area contributed by atoms with Gasteiger partial charge < -0.3 is 14.8 Å². The van der Waals surface area contributed by atoms with Crippen LogP contribution in [0.3, 0.4) is 0 Å². The van der Waals surface area contributed by atoms with E-state index >= 15 is 0 Å². The first-order chi connectivity index (χ1) is 9.61. The van der Waals surface area contributed by atoms with Crippen molar-refractivity contribution < 1.29 is 14.4 Å². The number of aryl methyl sites for hydroxylation is 2. The number of aliphatic hydroxyl groups excluding tert-OH is 1. The van der Waals surface area contributed by atoms with Crippen molar-refractivity contribution in [3.05, 3.63) is 28.6 Å². The molecule has 3 heterocycles. The highest BCUT2D eigenvalue weighted by molar-refractivity contribution is 5.68. The lowest BCUT2D eigenvalue weighted by Gasteiger charge is -1.98. The van der Waals surface area contributed by atoms with Crippen LogP contribution in [0.5, 0.6) is 0 Å². The minimum atomic E-state index is -0.127. The van der Waals surface area contributed by atoms with E-state index in [1.165, 1.54) is 4.40 Å². The van der Waals surface area contributed by atoms with Crippen LogP contribution < -0.4 is 10.1 Å². The number of aromatic nitrogens is 5. The average Bonchev–Trinajstić information content (AvgIpc) is 2.92. The molecule has 8 heteroatoms. The van der Waals surface area contributed by atoms with Gasteiger partial charge in [0.15, 0.2) is 13.1 Å². The van der Waals surface area contributed by atoms with E-state index in [4.69, 9.17) is 9.84 Å². The molecule has 0 aromatic carbocycles. The fraction of sp³-hybridized carbons (Fsp3) is 0.417. The van der Waals surface area contributed by atoms with Crippen LogP contribution in [0.4, 0.5) is 0 Å². The van der Waals surface area contributed by atoms with Gasteiger partial charge >= 0.3 is 11.2 Å². The van der Waals surface area contributed by atoms with Crippen LogP contribution in [-0.2, 0) is 18.5 Å². The largest absolute Gasteiger partial charge is 0.394 e. The van der Waals surface area contributed by atoms with Crippen molar-refractivity contribution in [3.63, 3.8) is 0 Å². The summed E-state index contributed by atoms with van der Waals surface area (Å²) in [7, 11) is 1.79. The summed E-state index contributed by atoms with van der Waals surface area (Å²) >= 11 is 0. The number of aromatic amines is 1. The van der Waals surface area contributed by atoms with Crippen molar-refractivity contribution in [2.45, 2.75) is 13.7 Å². The second-order valence-corrected chi connectivity index (χ2v) is 4.68. The molecule has 8 nitrogen and oxygen atoms in total. The Kier molecular flexibility index (Phi) is 3.03. The fourth-order valence-corrected chi connectivity index (χ4v) is 2.28. The Morgan fingerprint density at radius 2 is 2.35 bits per heavy atom. The van der Waals surface area contributed by atoms with Gasteiger partial charge in [-0.25, -0.2) is 8.97 Å². The lowest BCUT2D eigenvalue weighted by molar-refractivity contribution is -0.711. The van der Waals surface area contributed by atoms with Gasteiger partial charge in [0, 0.05) is 11.9 Å². The molecule has 106 valence electrons. The van der Waals surface area contributed by atoms with Gasteiger partial charge in [-0.2, -0.15) is 0 Å². The second kappa shape index (κ2) is 4.73. The van der Waals surface area contributed by atoms with Crippen molar-refractivity contribution in [2.75, 3.05) is 13.2 Å². The molecule has 0 aliphatic heterocycles. The number of hydrogen-bond acceptors (Lipinski definition) is 4. The number of fused-ring (bicyclic) bond motifs is 2. The van der Waals surface area contributed by atoms with Gasteiger partial charge in [-0.05, 0) is 6.92 Å². The van der Waals surface area contributed by atoms with Gasteiger partial charge in [0.25, 0.3) is 5.78 Å². The molecule has 0 spiro atoms. The third-order valence-electron chi connectivity index (χ3n) is 3.11. The van der Waals surface area contributed by atoms with Crippen LogP contribution in [0.25, 0.3) is 16.9 Å². The Labute approximate surface area is 113 Å². The number of imidazole rings is 2. The molecule has 0 saturated carbocycles. The molecular weight excluding hydrogens is 262 g/mol. The Morgan fingerprint density at radius 1 is 1.55 bits per heavy atom. The molecule has 3 rings (SSSR count). The predicted octanol–water partition coefficient (Wildman–Crippen LogP) is -0.923. The molecule has 0 bridgehead atoms. The Bertz CT molecular complexity index is 829. The molecular formula is C12H16N5O3+. The first kappa shape index (κ1) is 12.8. The number of nitrogens with one attached hydrogen (secondary N) is 1. The van der Waals surface area contributed by atoms with Crippen LogP contribution in [0.1, 0.15) is 5.69 Å². The number of nitrogens with zero attached hydrogens (tertiary/aromatic N) is 4. The molecule has 0 aliphatic rings. The number of H-pyrrole nitrogens is 1. The molecule has 0 saturated heterocycles. The Morgan fingerprint density at radius 3 is 3.10 bits per heavy atom. The quantitative estimate of drug-likeness (QED) is 0.477. The first-order valence-electron chi connectivity index (χ1n) is 6.27. The summed E-state index contributed by atoms with van der Waals surface area (Å²) in [5.41, 5.74) is 1.80. The summed E-state index contributed by atoms with van der Waals surface area (Å²) in [6.45, 7) is 2.31. The zero-order valence-electron chi connectivity index (χ0n) is 11.3. The zero-order chi connectivity index (χ0) is 14.3. The highest BCUT2D eigenvalue weighted by Crippen LogP contribution is 2.06. The van der Waals surface area contributed by atoms with Crippen LogP contribution in [0.2, 0.25) is 0 Å². The van der Waals surface area contributed by atoms with Crippen LogP contribution in [0, 0.1) is 6.92 Å². The molecule has 0 amide bonds. The van der Waals surface area contributed by atoms with Crippen molar-refractivity contribution in [2.24, 2.45) is 7.05 Å². The van der Waals surface area contributed by atoms with Crippen molar-refractivity contribution in [3.8, 4) is 0 Å². The Hall–Kier alpha value is -2.19. The van der Waals surface area contributed by atoms with Gasteiger partial charge in [-0.1, -0.05) is 4.98 Å². The molecule has 0 unspecified atom stereocenters. The van der Waals surface area contributed by atoms with Crippen molar-refractivity contribution in [1.82, 2.24) is 18.9 Å². The van der Waals surface area contributed by atoms with Crippen LogP contribution in [0.15, 0.2) is 17.3 Å². The molecule has 2 N–H and O–H groups in total. The molecule has 0 aliphatic carbocycles. The van der Waals surface area contributed by atoms with Gasteiger partial charge in [0.2, 0.25) is 5.52 Å². The molecule has 0 fully saturated rings. The summed E-state index contributed by atoms with van der Waals surface area (Å²) in [6, 6.07) is 0. The Balaban J connectivity index is 2.21. The summed E-state index contributed by atoms with van der Waals surface area (Å²) in [5.74, 6) is 0.502. The average molecular weight is 278 g/mol. The molecule has 3 aromatic rings. The third-order valence-corrected chi connectivity index (χ3v) is 3.11. The summed E-state index contributed by atoms with van der Waals surface area (Å²) in [5, 5.41) is 8.74. The monoisotopic (exact) mass is 278 g/mol. The third kappa shape index (κ3) is 1.89. The number of aliphatic hydroxyl groups is 1. The van der Waals surface area contributed by atoms with E-state index in [1.54, 1.807) is 28.7 Å². The number of ether oxygens (including phenoxy) is 1. The standard InChI is InChI=1S/C12H15N5O3/c1-8-5-17-11(19)9-10(14-12(17)13-8)16(6-15(9)2)7-20-4-3-18/h5-6,18H,3-4,7H2,1-2H3/p+1. The van der Waals surface area contributed by atoms with E-state index in [-0.39, 0.29) is 25.5 Å². The van der Waals surface area contributed by atoms with Crippen LogP contribution >= 0.6 is 0 Å². The highest BCUT2D eigenvalue weighted by atomic mass is 16.5. The minimum absolute atomic E-state index is 0.0402. The number of hydrogen-bond donors (Lipinski definition) is 2. The SMILES string of the molecule is Cc1cn2c(=O)c3c(nc2[nH]1)[n+](COCCO)cn3C. The molecule has 3 aromatic heterocycles. The van der Waals surface area contributed by atoms with Gasteiger partial charge in [-0.15, -0.1) is 0 Å². The molecule has 0 radical (unpaired) electrons. The van der Waals surface area contributed by atoms with E-state index in [1.807, 2.05) is 6.92 Å². The summed E-state index contributed by atoms with van der Waals surface area (Å²) < 4.78 is 10.2. The summed E-state index contributed by atoms with van der Waals surface area (Å²) in [4.78, 5) is 20.0. The number of rotatable bonds is 4. The van der Waals surface area contributed by atoms with E-state index in [2.05, 4.69) is 9.97 Å². The normalized spacial score (nSPS) is 11.8. The lowest BCUT2D eigenvalue weighted by Crippen LogP contribution is -2.35. The maximum atomic E-state index is 12.5. The van der Waals surface area contributed by atoms with E-state index in [0.29, 0.717) is 16.9 Å². The zero-order valence-corrected chi connectivity index (χ0v) is 11.3. The minimum Gasteiger partial charge on any atom is -0.394 e. The predicted molar refractivity (Wildman–Crippen MR) is 70.3 cm³/mol.